The number of nitrogens with one attached hydrogen (secondary N) is 1. The number of amides is 1. The zero-order valence-corrected chi connectivity index (χ0v) is 19.9. The summed E-state index contributed by atoms with van der Waals surface area (Å²) in [7, 11) is 0.859. The molecule has 3 rings (SSSR count). The third-order valence-corrected chi connectivity index (χ3v) is 7.24. The maximum absolute atomic E-state index is 12.9. The van der Waals surface area contributed by atoms with Crippen molar-refractivity contribution in [2.45, 2.75) is 24.3 Å². The molecule has 1 unspecified atom stereocenters. The van der Waals surface area contributed by atoms with Crippen LogP contribution in [0.4, 0.5) is 5.69 Å². The number of methoxy groups -OCH3 is 2. The smallest absolute Gasteiger partial charge is 0.264 e. The molecular weight excluding hydrogens is 440 g/mol. The second-order valence-corrected chi connectivity index (χ2v) is 9.37. The fourth-order valence-corrected chi connectivity index (χ4v) is 4.56. The first-order valence-corrected chi connectivity index (χ1v) is 11.9. The maximum atomic E-state index is 12.9. The minimum absolute atomic E-state index is 0.151. The van der Waals surface area contributed by atoms with Crippen LogP contribution < -0.4 is 19.1 Å². The lowest BCUT2D eigenvalue weighted by Crippen LogP contribution is -2.28. The van der Waals surface area contributed by atoms with Gasteiger partial charge in [-0.25, -0.2) is 8.42 Å². The molecule has 0 saturated carbocycles. The van der Waals surface area contributed by atoms with Gasteiger partial charge in [0.15, 0.2) is 0 Å². The number of ether oxygens (including phenoxy) is 2. The minimum atomic E-state index is -3.75. The van der Waals surface area contributed by atoms with E-state index in [1.165, 1.54) is 30.6 Å². The predicted octanol–water partition coefficient (Wildman–Crippen LogP) is 4.41. The molecule has 0 spiro atoms. The number of anilines is 1. The van der Waals surface area contributed by atoms with E-state index in [0.29, 0.717) is 17.0 Å². The van der Waals surface area contributed by atoms with Gasteiger partial charge in [0.2, 0.25) is 0 Å². The van der Waals surface area contributed by atoms with Crippen LogP contribution in [-0.2, 0) is 10.0 Å². The van der Waals surface area contributed by atoms with Crippen molar-refractivity contribution in [3.63, 3.8) is 0 Å². The summed E-state index contributed by atoms with van der Waals surface area (Å²) in [6.07, 6.45) is 0.721. The second-order valence-electron chi connectivity index (χ2n) is 7.40. The molecule has 33 heavy (non-hydrogen) atoms. The number of hydrogen-bond donors (Lipinski definition) is 1. The summed E-state index contributed by atoms with van der Waals surface area (Å²) >= 11 is 0. The Morgan fingerprint density at radius 3 is 1.88 bits per heavy atom. The van der Waals surface area contributed by atoms with Crippen molar-refractivity contribution in [1.82, 2.24) is 5.32 Å². The molecule has 174 valence electrons. The van der Waals surface area contributed by atoms with E-state index in [9.17, 15) is 13.2 Å². The maximum Gasteiger partial charge on any atom is 0.264 e. The van der Waals surface area contributed by atoms with Gasteiger partial charge in [-0.2, -0.15) is 0 Å². The number of nitrogens with zero attached hydrogens (tertiary/aromatic N) is 1. The first kappa shape index (κ1) is 24.1. The Kier molecular flexibility index (Phi) is 7.60. The Morgan fingerprint density at radius 2 is 1.39 bits per heavy atom. The fraction of sp³-hybridized carbons (Fsp3) is 0.240. The lowest BCUT2D eigenvalue weighted by atomic mass is 10.0. The number of sulfonamides is 1. The topological polar surface area (TPSA) is 84.9 Å². The number of carbonyl (C=O) groups is 1. The van der Waals surface area contributed by atoms with Crippen molar-refractivity contribution in [2.75, 3.05) is 25.6 Å². The van der Waals surface area contributed by atoms with Crippen LogP contribution in [0.1, 0.15) is 35.3 Å². The molecule has 1 amide bonds. The van der Waals surface area contributed by atoms with Crippen LogP contribution in [0.2, 0.25) is 0 Å². The normalized spacial score (nSPS) is 12.0. The highest BCUT2D eigenvalue weighted by molar-refractivity contribution is 7.92. The quantitative estimate of drug-likeness (QED) is 0.503. The van der Waals surface area contributed by atoms with Crippen molar-refractivity contribution >= 4 is 21.6 Å². The van der Waals surface area contributed by atoms with Gasteiger partial charge in [0.25, 0.3) is 15.9 Å². The van der Waals surface area contributed by atoms with E-state index in [1.807, 2.05) is 31.2 Å². The third kappa shape index (κ3) is 5.46. The highest BCUT2D eigenvalue weighted by atomic mass is 32.2. The van der Waals surface area contributed by atoms with E-state index in [1.54, 1.807) is 43.5 Å². The zero-order chi connectivity index (χ0) is 24.0. The van der Waals surface area contributed by atoms with E-state index in [2.05, 4.69) is 5.32 Å². The van der Waals surface area contributed by atoms with Gasteiger partial charge in [0.05, 0.1) is 30.8 Å². The molecule has 0 aliphatic rings. The van der Waals surface area contributed by atoms with Crippen molar-refractivity contribution in [1.29, 1.82) is 0 Å². The molecule has 0 saturated heterocycles. The molecule has 7 nitrogen and oxygen atoms in total. The number of benzene rings is 3. The van der Waals surface area contributed by atoms with Gasteiger partial charge in [0.1, 0.15) is 11.5 Å². The molecule has 0 radical (unpaired) electrons. The highest BCUT2D eigenvalue weighted by Crippen LogP contribution is 2.25. The van der Waals surface area contributed by atoms with Crippen LogP contribution in [0, 0.1) is 0 Å². The number of carbonyl (C=O) groups excluding carboxylic acids is 1. The fourth-order valence-electron chi connectivity index (χ4n) is 3.37. The summed E-state index contributed by atoms with van der Waals surface area (Å²) in [5.41, 5.74) is 1.87. The van der Waals surface area contributed by atoms with E-state index < -0.39 is 10.0 Å². The van der Waals surface area contributed by atoms with Gasteiger partial charge in [-0.3, -0.25) is 9.10 Å². The van der Waals surface area contributed by atoms with Gasteiger partial charge < -0.3 is 14.8 Å². The molecule has 8 heteroatoms. The summed E-state index contributed by atoms with van der Waals surface area (Å²) < 4.78 is 37.3. The predicted molar refractivity (Wildman–Crippen MR) is 129 cm³/mol. The van der Waals surface area contributed by atoms with Crippen molar-refractivity contribution in [3.05, 3.63) is 83.9 Å². The SMILES string of the molecule is CCC(NC(=O)c1ccc(N(C)S(=O)(=O)c2ccc(OC)cc2)cc1)c1ccc(OC)cc1. The van der Waals surface area contributed by atoms with Gasteiger partial charge >= 0.3 is 0 Å². The molecule has 0 aromatic heterocycles. The van der Waals surface area contributed by atoms with E-state index in [-0.39, 0.29) is 16.8 Å². The second kappa shape index (κ2) is 10.4. The zero-order valence-electron chi connectivity index (χ0n) is 19.1. The van der Waals surface area contributed by atoms with E-state index in [0.717, 1.165) is 17.7 Å². The monoisotopic (exact) mass is 468 g/mol. The molecular formula is C25H28N2O5S. The standard InChI is InChI=1S/C25H28N2O5S/c1-5-24(18-8-12-21(31-3)13-9-18)26-25(28)19-6-10-20(11-7-19)27(2)33(29,30)23-16-14-22(32-4)15-17-23/h6-17,24H,5H2,1-4H3,(H,26,28). The lowest BCUT2D eigenvalue weighted by molar-refractivity contribution is 0.0935. The highest BCUT2D eigenvalue weighted by Gasteiger charge is 2.22. The van der Waals surface area contributed by atoms with Crippen LogP contribution in [0.15, 0.2) is 77.7 Å². The van der Waals surface area contributed by atoms with Gasteiger partial charge in [-0.1, -0.05) is 19.1 Å². The molecule has 3 aromatic rings. The molecule has 0 aliphatic carbocycles. The molecule has 0 heterocycles. The van der Waals surface area contributed by atoms with Crippen molar-refractivity contribution < 1.29 is 22.7 Å². The number of rotatable bonds is 9. The van der Waals surface area contributed by atoms with Crippen LogP contribution >= 0.6 is 0 Å². The minimum Gasteiger partial charge on any atom is -0.497 e. The largest absolute Gasteiger partial charge is 0.497 e. The average Bonchev–Trinajstić information content (AvgIpc) is 2.86. The average molecular weight is 469 g/mol. The molecule has 0 bridgehead atoms. The first-order valence-electron chi connectivity index (χ1n) is 10.5. The van der Waals surface area contributed by atoms with Crippen LogP contribution in [0.5, 0.6) is 11.5 Å². The summed E-state index contributed by atoms with van der Waals surface area (Å²) in [6, 6.07) is 20.1. The molecule has 0 aliphatic heterocycles. The molecule has 0 fully saturated rings. The Hall–Kier alpha value is -3.52. The van der Waals surface area contributed by atoms with Gasteiger partial charge in [-0.15, -0.1) is 0 Å². The molecule has 1 atom stereocenters. The third-order valence-electron chi connectivity index (χ3n) is 5.44. The van der Waals surface area contributed by atoms with E-state index in [4.69, 9.17) is 9.47 Å². The summed E-state index contributed by atoms with van der Waals surface area (Å²) in [5.74, 6) is 1.10. The molecule has 3 aromatic carbocycles. The summed E-state index contributed by atoms with van der Waals surface area (Å²) in [6.45, 7) is 2.00. The van der Waals surface area contributed by atoms with Crippen molar-refractivity contribution in [3.8, 4) is 11.5 Å². The Bertz CT molecular complexity index is 1170. The Balaban J connectivity index is 1.73. The van der Waals surface area contributed by atoms with Crippen LogP contribution in [-0.4, -0.2) is 35.6 Å². The van der Waals surface area contributed by atoms with Crippen LogP contribution in [0.25, 0.3) is 0 Å². The number of hydrogen-bond acceptors (Lipinski definition) is 5. The molecule has 1 N–H and O–H groups in total. The van der Waals surface area contributed by atoms with E-state index >= 15 is 0 Å². The lowest BCUT2D eigenvalue weighted by Gasteiger charge is -2.21. The Labute approximate surface area is 195 Å². The Morgan fingerprint density at radius 1 is 0.879 bits per heavy atom. The summed E-state index contributed by atoms with van der Waals surface area (Å²) in [5, 5.41) is 3.03. The van der Waals surface area contributed by atoms with Crippen molar-refractivity contribution in [2.24, 2.45) is 0 Å². The van der Waals surface area contributed by atoms with Crippen LogP contribution in [0.3, 0.4) is 0 Å². The summed E-state index contributed by atoms with van der Waals surface area (Å²) in [4.78, 5) is 12.9. The van der Waals surface area contributed by atoms with Gasteiger partial charge in [0, 0.05) is 12.6 Å². The van der Waals surface area contributed by atoms with Gasteiger partial charge in [-0.05, 0) is 72.6 Å². The first-order chi connectivity index (χ1) is 15.8.